The van der Waals surface area contributed by atoms with E-state index < -0.39 is 0 Å². The molecule has 1 amide bonds. The standard InChI is InChI=1S/C22H16N6O/c29-22(25-18-4-2-11-24-14-18)20-9-12-28(26-20)21-8-7-19-6-5-17(15-27(19)21)16-3-1-10-23-13-16/h1-15H,(H,25,29). The van der Waals surface area contributed by atoms with E-state index in [2.05, 4.69) is 26.4 Å². The van der Waals surface area contributed by atoms with Crippen LogP contribution in [0, 0.1) is 0 Å². The Morgan fingerprint density at radius 3 is 2.48 bits per heavy atom. The maximum atomic E-state index is 12.5. The first-order valence-electron chi connectivity index (χ1n) is 9.07. The molecule has 0 aromatic carbocycles. The molecule has 0 bridgehead atoms. The lowest BCUT2D eigenvalue weighted by Gasteiger charge is -2.07. The molecule has 29 heavy (non-hydrogen) atoms. The molecular formula is C22H16N6O. The van der Waals surface area contributed by atoms with Crippen LogP contribution in [0.15, 0.2) is 91.8 Å². The molecule has 1 N–H and O–H groups in total. The molecule has 0 saturated heterocycles. The molecule has 7 nitrogen and oxygen atoms in total. The van der Waals surface area contributed by atoms with Crippen LogP contribution in [-0.2, 0) is 0 Å². The highest BCUT2D eigenvalue weighted by Crippen LogP contribution is 2.22. The fourth-order valence-corrected chi connectivity index (χ4v) is 3.18. The van der Waals surface area contributed by atoms with E-state index in [0.29, 0.717) is 11.4 Å². The molecule has 0 unspecified atom stereocenters. The molecule has 5 heterocycles. The maximum Gasteiger partial charge on any atom is 0.276 e. The highest BCUT2D eigenvalue weighted by atomic mass is 16.1. The van der Waals surface area contributed by atoms with E-state index in [4.69, 9.17) is 0 Å². The van der Waals surface area contributed by atoms with Gasteiger partial charge in [0.15, 0.2) is 5.69 Å². The summed E-state index contributed by atoms with van der Waals surface area (Å²) in [5.41, 5.74) is 4.06. The van der Waals surface area contributed by atoms with Gasteiger partial charge >= 0.3 is 0 Å². The smallest absolute Gasteiger partial charge is 0.276 e. The second-order valence-corrected chi connectivity index (χ2v) is 6.49. The zero-order valence-corrected chi connectivity index (χ0v) is 15.3. The number of pyridine rings is 3. The van der Waals surface area contributed by atoms with Crippen LogP contribution in [0.5, 0.6) is 0 Å². The molecule has 0 aliphatic rings. The lowest BCUT2D eigenvalue weighted by molar-refractivity contribution is 0.102. The van der Waals surface area contributed by atoms with Crippen LogP contribution in [0.1, 0.15) is 10.5 Å². The average Bonchev–Trinajstić information content (AvgIpc) is 3.42. The summed E-state index contributed by atoms with van der Waals surface area (Å²) in [6, 6.07) is 17.3. The Bertz CT molecular complexity index is 1290. The summed E-state index contributed by atoms with van der Waals surface area (Å²) in [6.07, 6.45) is 10.6. The third-order valence-corrected chi connectivity index (χ3v) is 4.60. The lowest BCUT2D eigenvalue weighted by Crippen LogP contribution is -2.13. The van der Waals surface area contributed by atoms with Crippen molar-refractivity contribution in [1.82, 2.24) is 24.1 Å². The number of fused-ring (bicyclic) bond motifs is 1. The first-order valence-corrected chi connectivity index (χ1v) is 9.07. The van der Waals surface area contributed by atoms with Gasteiger partial charge < -0.3 is 9.72 Å². The van der Waals surface area contributed by atoms with E-state index in [0.717, 1.165) is 22.5 Å². The SMILES string of the molecule is O=C(Nc1cccnc1)c1ccn(-c2ccc3ccc(-c4cccnc4)cn23)n1. The Morgan fingerprint density at radius 1 is 0.862 bits per heavy atom. The number of hydrogen-bond acceptors (Lipinski definition) is 4. The van der Waals surface area contributed by atoms with Crippen molar-refractivity contribution in [3.05, 3.63) is 97.5 Å². The van der Waals surface area contributed by atoms with Gasteiger partial charge in [-0.1, -0.05) is 12.1 Å². The fourth-order valence-electron chi connectivity index (χ4n) is 3.18. The minimum Gasteiger partial charge on any atom is -0.319 e. The number of aromatic nitrogens is 5. The molecule has 7 heteroatoms. The number of rotatable bonds is 4. The average molecular weight is 380 g/mol. The van der Waals surface area contributed by atoms with Crippen LogP contribution in [0.25, 0.3) is 22.5 Å². The van der Waals surface area contributed by atoms with Crippen LogP contribution in [0.2, 0.25) is 0 Å². The van der Waals surface area contributed by atoms with Crippen molar-refractivity contribution in [3.8, 4) is 16.9 Å². The normalized spacial score (nSPS) is 10.9. The van der Waals surface area contributed by atoms with Crippen LogP contribution < -0.4 is 5.32 Å². The van der Waals surface area contributed by atoms with Crippen LogP contribution in [0.4, 0.5) is 5.69 Å². The second-order valence-electron chi connectivity index (χ2n) is 6.49. The maximum absolute atomic E-state index is 12.5. The molecule has 0 spiro atoms. The number of nitrogens with one attached hydrogen (secondary N) is 1. The van der Waals surface area contributed by atoms with Crippen molar-refractivity contribution in [2.24, 2.45) is 0 Å². The number of amides is 1. The number of carbonyl (C=O) groups is 1. The zero-order valence-electron chi connectivity index (χ0n) is 15.3. The van der Waals surface area contributed by atoms with Gasteiger partial charge in [-0.15, -0.1) is 0 Å². The predicted octanol–water partition coefficient (Wildman–Crippen LogP) is 3.83. The molecule has 0 saturated carbocycles. The summed E-state index contributed by atoms with van der Waals surface area (Å²) in [5.74, 6) is 0.555. The van der Waals surface area contributed by atoms with Crippen LogP contribution in [-0.4, -0.2) is 30.1 Å². The van der Waals surface area contributed by atoms with Gasteiger partial charge in [-0.2, -0.15) is 5.10 Å². The minimum absolute atomic E-state index is 0.284. The molecule has 0 atom stereocenters. The summed E-state index contributed by atoms with van der Waals surface area (Å²) >= 11 is 0. The van der Waals surface area contributed by atoms with Gasteiger partial charge in [0.25, 0.3) is 5.91 Å². The van der Waals surface area contributed by atoms with E-state index in [1.165, 1.54) is 0 Å². The summed E-state index contributed by atoms with van der Waals surface area (Å²) in [5, 5.41) is 7.25. The number of anilines is 1. The van der Waals surface area contributed by atoms with Crippen molar-refractivity contribution in [1.29, 1.82) is 0 Å². The van der Waals surface area contributed by atoms with Crippen molar-refractivity contribution < 1.29 is 4.79 Å². The summed E-state index contributed by atoms with van der Waals surface area (Å²) in [7, 11) is 0. The van der Waals surface area contributed by atoms with Crippen molar-refractivity contribution in [2.45, 2.75) is 0 Å². The summed E-state index contributed by atoms with van der Waals surface area (Å²) in [4.78, 5) is 20.7. The van der Waals surface area contributed by atoms with Crippen molar-refractivity contribution >= 4 is 17.1 Å². The van der Waals surface area contributed by atoms with Gasteiger partial charge in [0.1, 0.15) is 5.82 Å². The Morgan fingerprint density at radius 2 is 1.69 bits per heavy atom. The quantitative estimate of drug-likeness (QED) is 0.514. The van der Waals surface area contributed by atoms with Gasteiger partial charge in [-0.3, -0.25) is 14.8 Å². The number of nitrogens with zero attached hydrogens (tertiary/aromatic N) is 5. The topological polar surface area (TPSA) is 77.1 Å². The molecular weight excluding hydrogens is 364 g/mol. The molecule has 5 aromatic rings. The molecule has 0 aliphatic carbocycles. The third-order valence-electron chi connectivity index (χ3n) is 4.60. The monoisotopic (exact) mass is 380 g/mol. The van der Waals surface area contributed by atoms with E-state index in [9.17, 15) is 4.79 Å². The molecule has 5 aromatic heterocycles. The van der Waals surface area contributed by atoms with Gasteiger partial charge in [-0.25, -0.2) is 4.68 Å². The van der Waals surface area contributed by atoms with Gasteiger partial charge in [0, 0.05) is 42.1 Å². The van der Waals surface area contributed by atoms with Crippen LogP contribution in [0.3, 0.4) is 0 Å². The molecule has 140 valence electrons. The summed E-state index contributed by atoms with van der Waals surface area (Å²) in [6.45, 7) is 0. The highest BCUT2D eigenvalue weighted by molar-refractivity contribution is 6.02. The highest BCUT2D eigenvalue weighted by Gasteiger charge is 2.13. The zero-order chi connectivity index (χ0) is 19.6. The van der Waals surface area contributed by atoms with E-state index in [-0.39, 0.29) is 5.91 Å². The Labute approximate surface area is 166 Å². The van der Waals surface area contributed by atoms with E-state index in [1.807, 2.05) is 47.1 Å². The van der Waals surface area contributed by atoms with E-state index >= 15 is 0 Å². The Kier molecular flexibility index (Phi) is 4.10. The first kappa shape index (κ1) is 16.9. The molecule has 0 fully saturated rings. The predicted molar refractivity (Wildman–Crippen MR) is 110 cm³/mol. The number of carbonyl (C=O) groups excluding carboxylic acids is 1. The fraction of sp³-hybridized carbons (Fsp3) is 0. The van der Waals surface area contributed by atoms with E-state index in [1.54, 1.807) is 47.7 Å². The second kappa shape index (κ2) is 7.05. The van der Waals surface area contributed by atoms with Gasteiger partial charge in [0.05, 0.1) is 11.9 Å². The molecule has 0 aliphatic heterocycles. The van der Waals surface area contributed by atoms with Gasteiger partial charge in [0.2, 0.25) is 0 Å². The largest absolute Gasteiger partial charge is 0.319 e. The first-order chi connectivity index (χ1) is 14.3. The van der Waals surface area contributed by atoms with Crippen molar-refractivity contribution in [2.75, 3.05) is 5.32 Å². The number of hydrogen-bond donors (Lipinski definition) is 1. The third kappa shape index (κ3) is 3.25. The van der Waals surface area contributed by atoms with Crippen LogP contribution >= 0.6 is 0 Å². The Hall–Kier alpha value is -4.26. The summed E-state index contributed by atoms with van der Waals surface area (Å²) < 4.78 is 3.73. The Balaban J connectivity index is 1.48. The lowest BCUT2D eigenvalue weighted by atomic mass is 10.1. The van der Waals surface area contributed by atoms with Gasteiger partial charge in [-0.05, 0) is 48.0 Å². The van der Waals surface area contributed by atoms with Crippen molar-refractivity contribution in [3.63, 3.8) is 0 Å². The minimum atomic E-state index is -0.284. The molecule has 0 radical (unpaired) electrons. The molecule has 5 rings (SSSR count).